The molecule has 0 saturated heterocycles. The Hall–Kier alpha value is -1.76. The van der Waals surface area contributed by atoms with E-state index in [1.165, 1.54) is 12.1 Å². The van der Waals surface area contributed by atoms with Crippen LogP contribution in [0.5, 0.6) is 0 Å². The fourth-order valence-corrected chi connectivity index (χ4v) is 1.40. The second-order valence-electron chi connectivity index (χ2n) is 4.18. The van der Waals surface area contributed by atoms with E-state index in [1.807, 2.05) is 6.92 Å². The average molecular weight is 291 g/mol. The first-order valence-electron chi connectivity index (χ1n) is 6.13. The molecule has 0 spiro atoms. The lowest BCUT2D eigenvalue weighted by Crippen LogP contribution is -2.20. The number of ether oxygens (including phenoxy) is 1. The van der Waals surface area contributed by atoms with E-state index >= 15 is 0 Å². The molecule has 1 atom stereocenters. The van der Waals surface area contributed by atoms with Gasteiger partial charge in [-0.1, -0.05) is 25.5 Å². The minimum Gasteiger partial charge on any atom is -0.449 e. The largest absolute Gasteiger partial charge is 0.449 e. The third-order valence-electron chi connectivity index (χ3n) is 2.51. The molecule has 4 nitrogen and oxygen atoms in total. The van der Waals surface area contributed by atoms with E-state index < -0.39 is 18.4 Å². The molecule has 0 aliphatic rings. The van der Waals surface area contributed by atoms with Crippen molar-refractivity contribution in [2.24, 2.45) is 0 Å². The Morgan fingerprint density at radius 3 is 2.45 bits per heavy atom. The number of aliphatic hydroxyl groups excluding tert-OH is 1. The summed E-state index contributed by atoms with van der Waals surface area (Å²) in [6.07, 6.45) is -6.29. The first-order chi connectivity index (χ1) is 9.34. The Labute approximate surface area is 114 Å². The molecule has 20 heavy (non-hydrogen) atoms. The molecule has 0 aliphatic heterocycles. The Kier molecular flexibility index (Phi) is 5.82. The molecule has 0 fully saturated rings. The monoisotopic (exact) mass is 291 g/mol. The molecule has 1 rings (SSSR count). The summed E-state index contributed by atoms with van der Waals surface area (Å²) in [6.45, 7) is 2.24. The van der Waals surface area contributed by atoms with Gasteiger partial charge in [-0.25, -0.2) is 4.79 Å². The zero-order chi connectivity index (χ0) is 15.2. The van der Waals surface area contributed by atoms with E-state index in [0.717, 1.165) is 25.0 Å². The number of amides is 1. The molecule has 0 radical (unpaired) electrons. The molecule has 0 aliphatic carbocycles. The minimum absolute atomic E-state index is 0.285. The van der Waals surface area contributed by atoms with Gasteiger partial charge in [0.1, 0.15) is 0 Å². The van der Waals surface area contributed by atoms with Crippen LogP contribution in [0, 0.1) is 0 Å². The van der Waals surface area contributed by atoms with Gasteiger partial charge in [0, 0.05) is 5.69 Å². The summed E-state index contributed by atoms with van der Waals surface area (Å²) in [4.78, 5) is 11.3. The number of carbonyl (C=O) groups excluding carboxylic acids is 1. The van der Waals surface area contributed by atoms with Gasteiger partial charge in [0.2, 0.25) is 0 Å². The minimum atomic E-state index is -4.71. The van der Waals surface area contributed by atoms with Gasteiger partial charge < -0.3 is 9.84 Å². The van der Waals surface area contributed by atoms with Gasteiger partial charge in [0.25, 0.3) is 0 Å². The molecule has 0 heterocycles. The number of nitrogens with one attached hydrogen (secondary N) is 1. The highest BCUT2D eigenvalue weighted by Crippen LogP contribution is 2.32. The molecule has 0 bridgehead atoms. The van der Waals surface area contributed by atoms with Gasteiger partial charge in [-0.15, -0.1) is 0 Å². The van der Waals surface area contributed by atoms with Gasteiger partial charge in [0.05, 0.1) is 6.61 Å². The third kappa shape index (κ3) is 5.08. The first kappa shape index (κ1) is 16.3. The standard InChI is InChI=1S/C13H16F3NO3/c1-2-3-8-20-12(19)17-10-6-4-9(5-7-10)11(18)13(14,15)16/h4-7,11,18H,2-3,8H2,1H3,(H,17,19). The van der Waals surface area contributed by atoms with E-state index in [9.17, 15) is 18.0 Å². The molecule has 2 N–H and O–H groups in total. The fourth-order valence-electron chi connectivity index (χ4n) is 1.40. The van der Waals surface area contributed by atoms with Gasteiger partial charge in [-0.05, 0) is 24.1 Å². The number of hydrogen-bond donors (Lipinski definition) is 2. The second-order valence-corrected chi connectivity index (χ2v) is 4.18. The number of alkyl halides is 3. The predicted octanol–water partition coefficient (Wildman–Crippen LogP) is 3.63. The van der Waals surface area contributed by atoms with Gasteiger partial charge in [0.15, 0.2) is 6.10 Å². The van der Waals surface area contributed by atoms with Gasteiger partial charge >= 0.3 is 12.3 Å². The number of rotatable bonds is 5. The highest BCUT2D eigenvalue weighted by Gasteiger charge is 2.39. The van der Waals surface area contributed by atoms with Crippen LogP contribution in [-0.4, -0.2) is 24.0 Å². The van der Waals surface area contributed by atoms with Crippen LogP contribution in [0.1, 0.15) is 31.4 Å². The lowest BCUT2D eigenvalue weighted by Gasteiger charge is -2.15. The number of hydrogen-bond acceptors (Lipinski definition) is 3. The summed E-state index contributed by atoms with van der Waals surface area (Å²) >= 11 is 0. The SMILES string of the molecule is CCCCOC(=O)Nc1ccc(C(O)C(F)(F)F)cc1. The Morgan fingerprint density at radius 1 is 1.35 bits per heavy atom. The topological polar surface area (TPSA) is 58.6 Å². The van der Waals surface area contributed by atoms with Crippen molar-refractivity contribution in [3.8, 4) is 0 Å². The molecule has 112 valence electrons. The number of carbonyl (C=O) groups is 1. The maximum absolute atomic E-state index is 12.3. The van der Waals surface area contributed by atoms with E-state index in [0.29, 0.717) is 5.69 Å². The number of anilines is 1. The van der Waals surface area contributed by atoms with E-state index in [4.69, 9.17) is 9.84 Å². The van der Waals surface area contributed by atoms with Crippen molar-refractivity contribution in [2.45, 2.75) is 32.0 Å². The van der Waals surface area contributed by atoms with Crippen molar-refractivity contribution in [1.29, 1.82) is 0 Å². The molecule has 1 unspecified atom stereocenters. The van der Waals surface area contributed by atoms with Crippen molar-refractivity contribution < 1.29 is 27.8 Å². The normalized spacial score (nSPS) is 12.8. The Bertz CT molecular complexity index is 431. The number of benzene rings is 1. The van der Waals surface area contributed by atoms with Crippen molar-refractivity contribution in [2.75, 3.05) is 11.9 Å². The van der Waals surface area contributed by atoms with Crippen LogP contribution >= 0.6 is 0 Å². The van der Waals surface area contributed by atoms with Gasteiger partial charge in [-0.2, -0.15) is 13.2 Å². The van der Waals surface area contributed by atoms with Crippen LogP contribution < -0.4 is 5.32 Å². The number of halogens is 3. The van der Waals surface area contributed by atoms with Crippen molar-refractivity contribution in [3.63, 3.8) is 0 Å². The van der Waals surface area contributed by atoms with Crippen LogP contribution in [0.4, 0.5) is 23.7 Å². The number of aliphatic hydroxyl groups is 1. The second kappa shape index (κ2) is 7.14. The van der Waals surface area contributed by atoms with Crippen LogP contribution in [0.25, 0.3) is 0 Å². The zero-order valence-electron chi connectivity index (χ0n) is 10.9. The van der Waals surface area contributed by atoms with E-state index in [1.54, 1.807) is 0 Å². The van der Waals surface area contributed by atoms with Gasteiger partial charge in [-0.3, -0.25) is 5.32 Å². The Morgan fingerprint density at radius 2 is 1.95 bits per heavy atom. The van der Waals surface area contributed by atoms with E-state index in [2.05, 4.69) is 5.32 Å². The van der Waals surface area contributed by atoms with Crippen LogP contribution in [0.15, 0.2) is 24.3 Å². The summed E-state index contributed by atoms with van der Waals surface area (Å²) in [5.74, 6) is 0. The number of unbranched alkanes of at least 4 members (excludes halogenated alkanes) is 1. The molecular formula is C13H16F3NO3. The molecule has 1 aromatic rings. The summed E-state index contributed by atoms with van der Waals surface area (Å²) < 4.78 is 41.7. The van der Waals surface area contributed by atoms with Crippen LogP contribution in [0.3, 0.4) is 0 Å². The summed E-state index contributed by atoms with van der Waals surface area (Å²) in [5, 5.41) is 11.4. The van der Waals surface area contributed by atoms with Crippen LogP contribution in [-0.2, 0) is 4.74 Å². The smallest absolute Gasteiger partial charge is 0.418 e. The van der Waals surface area contributed by atoms with E-state index in [-0.39, 0.29) is 12.2 Å². The molecule has 1 aromatic carbocycles. The molecule has 1 amide bonds. The lowest BCUT2D eigenvalue weighted by atomic mass is 10.1. The average Bonchev–Trinajstić information content (AvgIpc) is 2.38. The summed E-state index contributed by atoms with van der Waals surface area (Å²) in [7, 11) is 0. The fraction of sp³-hybridized carbons (Fsp3) is 0.462. The highest BCUT2D eigenvalue weighted by molar-refractivity contribution is 5.84. The summed E-state index contributed by atoms with van der Waals surface area (Å²) in [6, 6.07) is 4.73. The predicted molar refractivity (Wildman–Crippen MR) is 67.3 cm³/mol. The Balaban J connectivity index is 2.56. The highest BCUT2D eigenvalue weighted by atomic mass is 19.4. The maximum Gasteiger partial charge on any atom is 0.418 e. The molecular weight excluding hydrogens is 275 g/mol. The summed E-state index contributed by atoms with van der Waals surface area (Å²) in [5.41, 5.74) is 0.00650. The maximum atomic E-state index is 12.3. The molecule has 0 saturated carbocycles. The molecule has 7 heteroatoms. The van der Waals surface area contributed by atoms with Crippen molar-refractivity contribution in [3.05, 3.63) is 29.8 Å². The van der Waals surface area contributed by atoms with Crippen LogP contribution in [0.2, 0.25) is 0 Å². The van der Waals surface area contributed by atoms with Crippen molar-refractivity contribution >= 4 is 11.8 Å². The first-order valence-corrected chi connectivity index (χ1v) is 6.13. The lowest BCUT2D eigenvalue weighted by molar-refractivity contribution is -0.206. The van der Waals surface area contributed by atoms with Crippen molar-refractivity contribution in [1.82, 2.24) is 0 Å². The zero-order valence-corrected chi connectivity index (χ0v) is 10.9. The molecule has 0 aromatic heterocycles. The quantitative estimate of drug-likeness (QED) is 0.814. The third-order valence-corrected chi connectivity index (χ3v) is 2.51.